The van der Waals surface area contributed by atoms with Crippen LogP contribution >= 0.6 is 0 Å². The van der Waals surface area contributed by atoms with E-state index in [1.807, 2.05) is 6.92 Å². The van der Waals surface area contributed by atoms with E-state index >= 15 is 0 Å². The number of esters is 1. The lowest BCUT2D eigenvalue weighted by Crippen LogP contribution is -2.30. The summed E-state index contributed by atoms with van der Waals surface area (Å²) in [6.07, 6.45) is 1.57. The van der Waals surface area contributed by atoms with E-state index < -0.39 is 23.7 Å². The molecule has 2 aromatic rings. The third-order valence-corrected chi connectivity index (χ3v) is 4.78. The predicted molar refractivity (Wildman–Crippen MR) is 108 cm³/mol. The van der Waals surface area contributed by atoms with Gasteiger partial charge < -0.3 is 14.7 Å². The summed E-state index contributed by atoms with van der Waals surface area (Å²) in [7, 11) is 0. The van der Waals surface area contributed by atoms with Crippen LogP contribution in [0.3, 0.4) is 0 Å². The Labute approximate surface area is 169 Å². The van der Waals surface area contributed by atoms with Crippen LogP contribution < -0.4 is 4.74 Å². The van der Waals surface area contributed by atoms with Crippen LogP contribution in [0.5, 0.6) is 5.75 Å². The van der Waals surface area contributed by atoms with Crippen LogP contribution in [0, 0.1) is 0 Å². The zero-order valence-electron chi connectivity index (χ0n) is 16.4. The first-order valence-corrected chi connectivity index (χ1v) is 9.56. The van der Waals surface area contributed by atoms with Crippen molar-refractivity contribution in [1.82, 2.24) is 4.90 Å². The van der Waals surface area contributed by atoms with Crippen LogP contribution in [-0.4, -0.2) is 34.2 Å². The minimum atomic E-state index is -0.753. The van der Waals surface area contributed by atoms with Gasteiger partial charge in [-0.3, -0.25) is 14.4 Å². The lowest BCUT2D eigenvalue weighted by Gasteiger charge is -2.25. The molecule has 1 aliphatic heterocycles. The van der Waals surface area contributed by atoms with Crippen LogP contribution in [0.15, 0.2) is 60.2 Å². The van der Waals surface area contributed by atoms with Gasteiger partial charge >= 0.3 is 5.97 Å². The average molecular weight is 393 g/mol. The number of aliphatic hydroxyl groups is 1. The van der Waals surface area contributed by atoms with Crippen LogP contribution in [0.25, 0.3) is 5.76 Å². The van der Waals surface area contributed by atoms with E-state index in [1.165, 1.54) is 11.8 Å². The Balaban J connectivity index is 2.14. The molecule has 0 aromatic heterocycles. The van der Waals surface area contributed by atoms with Gasteiger partial charge in [-0.15, -0.1) is 0 Å². The van der Waals surface area contributed by atoms with Gasteiger partial charge in [0.15, 0.2) is 0 Å². The molecule has 1 N–H and O–H groups in total. The van der Waals surface area contributed by atoms with Crippen molar-refractivity contribution >= 4 is 23.4 Å². The first-order chi connectivity index (χ1) is 13.9. The fourth-order valence-corrected chi connectivity index (χ4v) is 3.45. The van der Waals surface area contributed by atoms with Crippen LogP contribution in [0.1, 0.15) is 43.9 Å². The molecule has 1 heterocycles. The summed E-state index contributed by atoms with van der Waals surface area (Å²) in [6, 6.07) is 14.6. The second-order valence-electron chi connectivity index (χ2n) is 6.88. The van der Waals surface area contributed by atoms with E-state index in [0.29, 0.717) is 23.4 Å². The van der Waals surface area contributed by atoms with Gasteiger partial charge in [-0.2, -0.15) is 0 Å². The normalized spacial score (nSPS) is 18.1. The maximum atomic E-state index is 12.8. The molecule has 1 fully saturated rings. The number of Topliss-reactive ketones (excluding diaryl/α,β-unsaturated/α-hetero) is 1. The monoisotopic (exact) mass is 393 g/mol. The third kappa shape index (κ3) is 4.21. The highest BCUT2D eigenvalue weighted by molar-refractivity contribution is 6.46. The predicted octanol–water partition coefficient (Wildman–Crippen LogP) is 3.83. The van der Waals surface area contributed by atoms with Gasteiger partial charge in [-0.05, 0) is 24.1 Å². The Kier molecular flexibility index (Phi) is 6.12. The standard InChI is InChI=1S/C23H23NO5/c1-3-4-13-24-20(17-11-8-12-18(14-17)29-15(2)25)19(22(27)23(24)28)21(26)16-9-6-5-7-10-16/h5-12,14,20,26H,3-4,13H2,1-2H3/b21-19-. The number of amides is 1. The number of hydrogen-bond acceptors (Lipinski definition) is 5. The second kappa shape index (κ2) is 8.73. The molecular formula is C23H23NO5. The van der Waals surface area contributed by atoms with Crippen molar-refractivity contribution in [3.05, 3.63) is 71.3 Å². The summed E-state index contributed by atoms with van der Waals surface area (Å²) in [5.74, 6) is -1.72. The zero-order chi connectivity index (χ0) is 21.0. The molecule has 1 atom stereocenters. The van der Waals surface area contributed by atoms with Crippen molar-refractivity contribution in [1.29, 1.82) is 0 Å². The maximum Gasteiger partial charge on any atom is 0.308 e. The quantitative estimate of drug-likeness (QED) is 0.265. The van der Waals surface area contributed by atoms with Crippen molar-refractivity contribution in [3.8, 4) is 5.75 Å². The highest BCUT2D eigenvalue weighted by Gasteiger charge is 2.45. The first kappa shape index (κ1) is 20.3. The van der Waals surface area contributed by atoms with Gasteiger partial charge in [0.2, 0.25) is 0 Å². The Morgan fingerprint density at radius 1 is 1.10 bits per heavy atom. The number of likely N-dealkylation sites (tertiary alicyclic amines) is 1. The number of carbonyl (C=O) groups excluding carboxylic acids is 3. The topological polar surface area (TPSA) is 83.9 Å². The van der Waals surface area contributed by atoms with Crippen molar-refractivity contribution in [2.75, 3.05) is 6.54 Å². The number of ketones is 1. The van der Waals surface area contributed by atoms with Gasteiger partial charge in [-0.1, -0.05) is 55.8 Å². The molecule has 6 nitrogen and oxygen atoms in total. The number of aliphatic hydroxyl groups excluding tert-OH is 1. The Hall–Kier alpha value is -3.41. The third-order valence-electron chi connectivity index (χ3n) is 4.78. The highest BCUT2D eigenvalue weighted by atomic mass is 16.5. The van der Waals surface area contributed by atoms with E-state index in [4.69, 9.17) is 4.74 Å². The SMILES string of the molecule is CCCCN1C(=O)C(=O)/C(=C(\O)c2ccccc2)C1c1cccc(OC(C)=O)c1. The molecule has 150 valence electrons. The lowest BCUT2D eigenvalue weighted by molar-refractivity contribution is -0.139. The van der Waals surface area contributed by atoms with Crippen molar-refractivity contribution in [2.45, 2.75) is 32.7 Å². The summed E-state index contributed by atoms with van der Waals surface area (Å²) >= 11 is 0. The largest absolute Gasteiger partial charge is 0.507 e. The van der Waals surface area contributed by atoms with E-state index in [0.717, 1.165) is 12.8 Å². The Morgan fingerprint density at radius 2 is 1.83 bits per heavy atom. The number of unbranched alkanes of at least 4 members (excludes halogenated alkanes) is 1. The molecule has 29 heavy (non-hydrogen) atoms. The van der Waals surface area contributed by atoms with E-state index in [1.54, 1.807) is 54.6 Å². The van der Waals surface area contributed by atoms with Crippen molar-refractivity contribution < 1.29 is 24.2 Å². The van der Waals surface area contributed by atoms with Crippen LogP contribution in [0.4, 0.5) is 0 Å². The molecule has 1 saturated heterocycles. The fourth-order valence-electron chi connectivity index (χ4n) is 3.45. The fraction of sp³-hybridized carbons (Fsp3) is 0.261. The minimum Gasteiger partial charge on any atom is -0.507 e. The van der Waals surface area contributed by atoms with E-state index in [2.05, 4.69) is 0 Å². The molecule has 2 aromatic carbocycles. The molecule has 1 aliphatic rings. The number of hydrogen-bond donors (Lipinski definition) is 1. The molecule has 0 radical (unpaired) electrons. The smallest absolute Gasteiger partial charge is 0.308 e. The summed E-state index contributed by atoms with van der Waals surface area (Å²) in [5, 5.41) is 10.9. The molecule has 1 unspecified atom stereocenters. The van der Waals surface area contributed by atoms with Crippen molar-refractivity contribution in [2.24, 2.45) is 0 Å². The molecule has 0 bridgehead atoms. The number of carbonyl (C=O) groups is 3. The number of rotatable bonds is 6. The van der Waals surface area contributed by atoms with E-state index in [-0.39, 0.29) is 11.3 Å². The van der Waals surface area contributed by atoms with Crippen molar-refractivity contribution in [3.63, 3.8) is 0 Å². The van der Waals surface area contributed by atoms with Gasteiger partial charge in [0, 0.05) is 19.0 Å². The summed E-state index contributed by atoms with van der Waals surface area (Å²) < 4.78 is 5.16. The minimum absolute atomic E-state index is 0.0391. The zero-order valence-corrected chi connectivity index (χ0v) is 16.4. The van der Waals surface area contributed by atoms with Gasteiger partial charge in [0.25, 0.3) is 11.7 Å². The second-order valence-corrected chi connectivity index (χ2v) is 6.88. The first-order valence-electron chi connectivity index (χ1n) is 9.56. The van der Waals surface area contributed by atoms with Gasteiger partial charge in [-0.25, -0.2) is 0 Å². The van der Waals surface area contributed by atoms with Gasteiger partial charge in [0.05, 0.1) is 11.6 Å². The summed E-state index contributed by atoms with van der Waals surface area (Å²) in [5.41, 5.74) is 1.09. The molecule has 0 saturated carbocycles. The molecule has 0 aliphatic carbocycles. The molecule has 3 rings (SSSR count). The maximum absolute atomic E-state index is 12.8. The molecule has 6 heteroatoms. The number of nitrogens with zero attached hydrogens (tertiary/aromatic N) is 1. The molecule has 0 spiro atoms. The Bertz CT molecular complexity index is 964. The average Bonchev–Trinajstić information content (AvgIpc) is 2.96. The van der Waals surface area contributed by atoms with Crippen LogP contribution in [-0.2, 0) is 14.4 Å². The number of ether oxygens (including phenoxy) is 1. The van der Waals surface area contributed by atoms with Gasteiger partial charge in [0.1, 0.15) is 11.5 Å². The summed E-state index contributed by atoms with van der Waals surface area (Å²) in [6.45, 7) is 3.68. The Morgan fingerprint density at radius 3 is 2.48 bits per heavy atom. The van der Waals surface area contributed by atoms with Crippen LogP contribution in [0.2, 0.25) is 0 Å². The number of benzene rings is 2. The van der Waals surface area contributed by atoms with E-state index in [9.17, 15) is 19.5 Å². The molecule has 1 amide bonds. The molecular weight excluding hydrogens is 370 g/mol. The lowest BCUT2D eigenvalue weighted by atomic mass is 9.95. The summed E-state index contributed by atoms with van der Waals surface area (Å²) in [4.78, 5) is 38.4. The highest BCUT2D eigenvalue weighted by Crippen LogP contribution is 2.40.